The lowest BCUT2D eigenvalue weighted by Gasteiger charge is -2.04. The molecule has 0 unspecified atom stereocenters. The van der Waals surface area contributed by atoms with Crippen molar-refractivity contribution in [3.63, 3.8) is 0 Å². The minimum absolute atomic E-state index is 0.226. The van der Waals surface area contributed by atoms with Crippen molar-refractivity contribution < 1.29 is 4.39 Å². The summed E-state index contributed by atoms with van der Waals surface area (Å²) in [6.07, 6.45) is 0. The fraction of sp³-hybridized carbons (Fsp3) is 0.0714. The highest BCUT2D eigenvalue weighted by Gasteiger charge is 2.09. The Balaban J connectivity index is 1.80. The van der Waals surface area contributed by atoms with E-state index in [0.717, 1.165) is 5.69 Å². The van der Waals surface area contributed by atoms with E-state index in [1.807, 2.05) is 36.4 Å². The molecule has 0 radical (unpaired) electrons. The van der Waals surface area contributed by atoms with Gasteiger partial charge in [0.1, 0.15) is 5.82 Å². The maximum atomic E-state index is 13.6. The topological polar surface area (TPSA) is 43.6 Å². The third-order valence-electron chi connectivity index (χ3n) is 2.73. The van der Waals surface area contributed by atoms with Gasteiger partial charge in [-0.15, -0.1) is 16.9 Å². The van der Waals surface area contributed by atoms with Gasteiger partial charge in [-0.25, -0.2) is 4.39 Å². The van der Waals surface area contributed by atoms with Crippen LogP contribution in [0.25, 0.3) is 5.69 Å². The predicted octanol–water partition coefficient (Wildman–Crippen LogP) is 3.09. The van der Waals surface area contributed by atoms with Gasteiger partial charge in [0.2, 0.25) is 0 Å². The second kappa shape index (κ2) is 5.83. The van der Waals surface area contributed by atoms with E-state index in [9.17, 15) is 4.39 Å². The SMILES string of the molecule is Fc1ccccc1SCc1nnnn1-c1ccccc1. The molecule has 3 aromatic rings. The van der Waals surface area contributed by atoms with Crippen molar-refractivity contribution in [3.05, 3.63) is 66.2 Å². The van der Waals surface area contributed by atoms with Gasteiger partial charge in [0.15, 0.2) is 5.82 Å². The van der Waals surface area contributed by atoms with Crippen LogP contribution >= 0.6 is 11.8 Å². The van der Waals surface area contributed by atoms with Crippen LogP contribution < -0.4 is 0 Å². The molecule has 4 nitrogen and oxygen atoms in total. The Kier molecular flexibility index (Phi) is 3.73. The number of nitrogens with zero attached hydrogens (tertiary/aromatic N) is 4. The van der Waals surface area contributed by atoms with Crippen LogP contribution in [0, 0.1) is 5.82 Å². The summed E-state index contributed by atoms with van der Waals surface area (Å²) in [6.45, 7) is 0. The molecule has 20 heavy (non-hydrogen) atoms. The first-order valence-electron chi connectivity index (χ1n) is 6.04. The van der Waals surface area contributed by atoms with Crippen LogP contribution in [0.4, 0.5) is 4.39 Å². The maximum Gasteiger partial charge on any atom is 0.166 e. The molecule has 0 bridgehead atoms. The normalized spacial score (nSPS) is 10.7. The molecule has 0 atom stereocenters. The summed E-state index contributed by atoms with van der Waals surface area (Å²) in [5.74, 6) is 0.962. The zero-order valence-electron chi connectivity index (χ0n) is 10.5. The van der Waals surface area contributed by atoms with Crippen molar-refractivity contribution in [2.45, 2.75) is 10.6 Å². The van der Waals surface area contributed by atoms with Crippen LogP contribution in [0.3, 0.4) is 0 Å². The molecule has 6 heteroatoms. The van der Waals surface area contributed by atoms with Crippen molar-refractivity contribution in [2.75, 3.05) is 0 Å². The molecule has 0 saturated carbocycles. The Morgan fingerprint density at radius 2 is 1.75 bits per heavy atom. The quantitative estimate of drug-likeness (QED) is 0.691. The highest BCUT2D eigenvalue weighted by Crippen LogP contribution is 2.24. The third kappa shape index (κ3) is 2.70. The number of aromatic nitrogens is 4. The van der Waals surface area contributed by atoms with E-state index in [0.29, 0.717) is 16.5 Å². The van der Waals surface area contributed by atoms with E-state index >= 15 is 0 Å². The standard InChI is InChI=1S/C14H11FN4S/c15-12-8-4-5-9-13(12)20-10-14-16-17-18-19(14)11-6-2-1-3-7-11/h1-9H,10H2. The van der Waals surface area contributed by atoms with Gasteiger partial charge in [0, 0.05) is 4.90 Å². The number of halogens is 1. The second-order valence-corrected chi connectivity index (χ2v) is 5.08. The van der Waals surface area contributed by atoms with Gasteiger partial charge >= 0.3 is 0 Å². The highest BCUT2D eigenvalue weighted by molar-refractivity contribution is 7.98. The lowest BCUT2D eigenvalue weighted by Crippen LogP contribution is -2.01. The predicted molar refractivity (Wildman–Crippen MR) is 75.1 cm³/mol. The molecular weight excluding hydrogens is 275 g/mol. The van der Waals surface area contributed by atoms with Crippen LogP contribution in [0.1, 0.15) is 5.82 Å². The van der Waals surface area contributed by atoms with Crippen molar-refractivity contribution in [1.82, 2.24) is 20.2 Å². The molecule has 1 heterocycles. The monoisotopic (exact) mass is 286 g/mol. The summed E-state index contributed by atoms with van der Waals surface area (Å²) < 4.78 is 15.2. The average molecular weight is 286 g/mol. The largest absolute Gasteiger partial charge is 0.206 e. The lowest BCUT2D eigenvalue weighted by atomic mass is 10.3. The Labute approximate surface area is 119 Å². The van der Waals surface area contributed by atoms with Crippen LogP contribution in [-0.4, -0.2) is 20.2 Å². The Hall–Kier alpha value is -2.21. The molecule has 0 aliphatic rings. The van der Waals surface area contributed by atoms with Crippen molar-refractivity contribution in [2.24, 2.45) is 0 Å². The number of thioether (sulfide) groups is 1. The number of hydrogen-bond acceptors (Lipinski definition) is 4. The molecule has 0 saturated heterocycles. The molecule has 0 aliphatic carbocycles. The molecule has 0 N–H and O–H groups in total. The van der Waals surface area contributed by atoms with E-state index in [1.54, 1.807) is 16.8 Å². The molecule has 0 amide bonds. The highest BCUT2D eigenvalue weighted by atomic mass is 32.2. The van der Waals surface area contributed by atoms with Crippen LogP contribution in [0.5, 0.6) is 0 Å². The molecule has 1 aromatic heterocycles. The number of para-hydroxylation sites is 1. The molecular formula is C14H11FN4S. The zero-order chi connectivity index (χ0) is 13.8. The summed E-state index contributed by atoms with van der Waals surface area (Å²) in [5.41, 5.74) is 0.890. The van der Waals surface area contributed by atoms with Crippen LogP contribution in [0.2, 0.25) is 0 Å². The van der Waals surface area contributed by atoms with Gasteiger partial charge in [0.25, 0.3) is 0 Å². The number of rotatable bonds is 4. The minimum Gasteiger partial charge on any atom is -0.206 e. The molecule has 100 valence electrons. The smallest absolute Gasteiger partial charge is 0.166 e. The third-order valence-corrected chi connectivity index (χ3v) is 3.77. The van der Waals surface area contributed by atoms with Gasteiger partial charge in [-0.2, -0.15) is 4.68 Å². The first kappa shape index (κ1) is 12.8. The van der Waals surface area contributed by atoms with Gasteiger partial charge < -0.3 is 0 Å². The molecule has 0 aliphatic heterocycles. The summed E-state index contributed by atoms with van der Waals surface area (Å²) in [6, 6.07) is 16.3. The van der Waals surface area contributed by atoms with E-state index in [2.05, 4.69) is 15.5 Å². The Bertz CT molecular complexity index is 699. The van der Waals surface area contributed by atoms with Gasteiger partial charge in [-0.3, -0.25) is 0 Å². The van der Waals surface area contributed by atoms with E-state index in [-0.39, 0.29) is 5.82 Å². The molecule has 2 aromatic carbocycles. The van der Waals surface area contributed by atoms with Crippen molar-refractivity contribution in [3.8, 4) is 5.69 Å². The Morgan fingerprint density at radius 1 is 1.00 bits per heavy atom. The summed E-state index contributed by atoms with van der Waals surface area (Å²) in [4.78, 5) is 0.593. The molecule has 0 fully saturated rings. The minimum atomic E-state index is -0.226. The van der Waals surface area contributed by atoms with E-state index in [1.165, 1.54) is 17.8 Å². The second-order valence-electron chi connectivity index (χ2n) is 4.06. The number of benzene rings is 2. The van der Waals surface area contributed by atoms with Gasteiger partial charge in [-0.1, -0.05) is 30.3 Å². The van der Waals surface area contributed by atoms with Crippen LogP contribution in [-0.2, 0) is 5.75 Å². The zero-order valence-corrected chi connectivity index (χ0v) is 11.3. The Morgan fingerprint density at radius 3 is 2.55 bits per heavy atom. The average Bonchev–Trinajstić information content (AvgIpc) is 2.96. The molecule has 3 rings (SSSR count). The fourth-order valence-electron chi connectivity index (χ4n) is 1.77. The number of hydrogen-bond donors (Lipinski definition) is 0. The van der Waals surface area contributed by atoms with E-state index in [4.69, 9.17) is 0 Å². The summed E-state index contributed by atoms with van der Waals surface area (Å²) in [5, 5.41) is 11.7. The summed E-state index contributed by atoms with van der Waals surface area (Å²) in [7, 11) is 0. The first-order chi connectivity index (χ1) is 9.84. The summed E-state index contributed by atoms with van der Waals surface area (Å²) >= 11 is 1.38. The van der Waals surface area contributed by atoms with Gasteiger partial charge in [-0.05, 0) is 34.7 Å². The van der Waals surface area contributed by atoms with Crippen molar-refractivity contribution in [1.29, 1.82) is 0 Å². The van der Waals surface area contributed by atoms with Crippen LogP contribution in [0.15, 0.2) is 59.5 Å². The van der Waals surface area contributed by atoms with Crippen molar-refractivity contribution >= 4 is 11.8 Å². The lowest BCUT2D eigenvalue weighted by molar-refractivity contribution is 0.602. The number of tetrazole rings is 1. The molecule has 0 spiro atoms. The fourth-order valence-corrected chi connectivity index (χ4v) is 2.61. The maximum absolute atomic E-state index is 13.6. The van der Waals surface area contributed by atoms with E-state index < -0.39 is 0 Å². The first-order valence-corrected chi connectivity index (χ1v) is 7.03. The van der Waals surface area contributed by atoms with Gasteiger partial charge in [0.05, 0.1) is 11.4 Å².